The molecule has 0 saturated carbocycles. The smallest absolute Gasteiger partial charge is 0.271 e. The molecule has 2 rings (SSSR count). The van der Waals surface area contributed by atoms with E-state index in [1.165, 1.54) is 23.5 Å². The number of nitrogens with one attached hydrogen (secondary N) is 1. The summed E-state index contributed by atoms with van der Waals surface area (Å²) in [5.74, 6) is 0. The van der Waals surface area contributed by atoms with Crippen LogP contribution in [0.3, 0.4) is 0 Å². The van der Waals surface area contributed by atoms with Crippen LogP contribution in [-0.2, 0) is 6.54 Å². The Morgan fingerprint density at radius 1 is 1.42 bits per heavy atom. The van der Waals surface area contributed by atoms with Gasteiger partial charge in [-0.2, -0.15) is 0 Å². The Hall–Kier alpha value is -1.38. The van der Waals surface area contributed by atoms with Crippen molar-refractivity contribution in [2.24, 2.45) is 0 Å². The van der Waals surface area contributed by atoms with Crippen LogP contribution in [0.25, 0.3) is 10.6 Å². The molecular weight excluding hydrogens is 332 g/mol. The van der Waals surface area contributed by atoms with E-state index in [9.17, 15) is 10.1 Å². The average Bonchev–Trinajstić information content (AvgIpc) is 2.84. The lowest BCUT2D eigenvalue weighted by atomic mass is 10.2. The van der Waals surface area contributed by atoms with Crippen molar-refractivity contribution in [3.8, 4) is 10.6 Å². The lowest BCUT2D eigenvalue weighted by Crippen LogP contribution is -2.11. The molecule has 1 aromatic heterocycles. The van der Waals surface area contributed by atoms with E-state index < -0.39 is 4.92 Å². The van der Waals surface area contributed by atoms with Crippen molar-refractivity contribution in [1.82, 2.24) is 15.5 Å². The normalized spacial score (nSPS) is 10.6. The SMILES string of the molecule is CCNCc1nnc(-c2cc(Br)cc([N+](=O)[O-])c2)s1. The zero-order valence-corrected chi connectivity index (χ0v) is 12.5. The molecule has 2 aromatic rings. The minimum atomic E-state index is -0.422. The molecule has 0 bridgehead atoms. The van der Waals surface area contributed by atoms with E-state index in [2.05, 4.69) is 31.4 Å². The predicted octanol–water partition coefficient (Wildman–Crippen LogP) is 2.99. The second-order valence-electron chi connectivity index (χ2n) is 3.74. The fourth-order valence-electron chi connectivity index (χ4n) is 1.48. The van der Waals surface area contributed by atoms with Gasteiger partial charge in [-0.05, 0) is 12.6 Å². The summed E-state index contributed by atoms with van der Waals surface area (Å²) in [7, 11) is 0. The zero-order valence-electron chi connectivity index (χ0n) is 10.1. The number of halogens is 1. The third-order valence-electron chi connectivity index (χ3n) is 2.33. The number of non-ortho nitro benzene ring substituents is 1. The van der Waals surface area contributed by atoms with Gasteiger partial charge >= 0.3 is 0 Å². The molecule has 0 spiro atoms. The summed E-state index contributed by atoms with van der Waals surface area (Å²) in [4.78, 5) is 10.4. The average molecular weight is 343 g/mol. The molecule has 0 aliphatic rings. The van der Waals surface area contributed by atoms with Crippen molar-refractivity contribution in [1.29, 1.82) is 0 Å². The zero-order chi connectivity index (χ0) is 13.8. The Morgan fingerprint density at radius 2 is 2.21 bits per heavy atom. The Morgan fingerprint density at radius 3 is 2.89 bits per heavy atom. The number of hydrogen-bond donors (Lipinski definition) is 1. The number of nitro benzene ring substituents is 1. The maximum absolute atomic E-state index is 10.8. The highest BCUT2D eigenvalue weighted by Gasteiger charge is 2.13. The second-order valence-corrected chi connectivity index (χ2v) is 5.71. The molecule has 0 amide bonds. The molecule has 1 heterocycles. The molecule has 0 radical (unpaired) electrons. The largest absolute Gasteiger partial charge is 0.311 e. The van der Waals surface area contributed by atoms with Crippen LogP contribution in [0.2, 0.25) is 0 Å². The van der Waals surface area contributed by atoms with Gasteiger partial charge in [0.15, 0.2) is 0 Å². The summed E-state index contributed by atoms with van der Waals surface area (Å²) >= 11 is 4.69. The fourth-order valence-corrected chi connectivity index (χ4v) is 2.75. The molecule has 0 unspecified atom stereocenters. The standard InChI is InChI=1S/C11H11BrN4O2S/c1-2-13-6-10-14-15-11(19-10)7-3-8(12)5-9(4-7)16(17)18/h3-5,13H,2,6H2,1H3. The third kappa shape index (κ3) is 3.55. The quantitative estimate of drug-likeness (QED) is 0.667. The fraction of sp³-hybridized carbons (Fsp3) is 0.273. The molecule has 100 valence electrons. The molecule has 1 aromatic carbocycles. The number of hydrogen-bond acceptors (Lipinski definition) is 6. The Balaban J connectivity index is 2.30. The Kier molecular flexibility index (Phi) is 4.56. The highest BCUT2D eigenvalue weighted by Crippen LogP contribution is 2.30. The van der Waals surface area contributed by atoms with Crippen molar-refractivity contribution >= 4 is 33.0 Å². The van der Waals surface area contributed by atoms with Crippen LogP contribution in [0.4, 0.5) is 5.69 Å². The molecule has 19 heavy (non-hydrogen) atoms. The van der Waals surface area contributed by atoms with Crippen molar-refractivity contribution in [2.75, 3.05) is 6.54 Å². The van der Waals surface area contributed by atoms with E-state index >= 15 is 0 Å². The first-order valence-corrected chi connectivity index (χ1v) is 7.19. The Labute approximate surface area is 122 Å². The van der Waals surface area contributed by atoms with E-state index in [1.807, 2.05) is 6.92 Å². The summed E-state index contributed by atoms with van der Waals surface area (Å²) in [6.45, 7) is 3.53. The predicted molar refractivity (Wildman–Crippen MR) is 77.1 cm³/mol. The molecule has 0 aliphatic heterocycles. The van der Waals surface area contributed by atoms with Gasteiger partial charge in [-0.3, -0.25) is 10.1 Å². The van der Waals surface area contributed by atoms with Crippen LogP contribution in [-0.4, -0.2) is 21.7 Å². The van der Waals surface area contributed by atoms with Gasteiger partial charge in [0, 0.05) is 28.7 Å². The number of nitrogens with zero attached hydrogens (tertiary/aromatic N) is 3. The van der Waals surface area contributed by atoms with Gasteiger partial charge in [0.25, 0.3) is 5.69 Å². The highest BCUT2D eigenvalue weighted by molar-refractivity contribution is 9.10. The first-order chi connectivity index (χ1) is 9.10. The first kappa shape index (κ1) is 14.0. The summed E-state index contributed by atoms with van der Waals surface area (Å²) in [6, 6.07) is 4.76. The van der Waals surface area contributed by atoms with Gasteiger partial charge in [-0.25, -0.2) is 0 Å². The lowest BCUT2D eigenvalue weighted by molar-refractivity contribution is -0.384. The molecular formula is C11H11BrN4O2S. The van der Waals surface area contributed by atoms with Crippen molar-refractivity contribution in [3.05, 3.63) is 37.8 Å². The van der Waals surface area contributed by atoms with Gasteiger partial charge in [0.2, 0.25) is 0 Å². The van der Waals surface area contributed by atoms with E-state index in [0.717, 1.165) is 11.6 Å². The minimum Gasteiger partial charge on any atom is -0.311 e. The molecule has 8 heteroatoms. The van der Waals surface area contributed by atoms with Crippen molar-refractivity contribution in [2.45, 2.75) is 13.5 Å². The van der Waals surface area contributed by atoms with E-state index in [0.29, 0.717) is 21.6 Å². The van der Waals surface area contributed by atoms with E-state index in [-0.39, 0.29) is 5.69 Å². The van der Waals surface area contributed by atoms with Gasteiger partial charge in [0.1, 0.15) is 10.0 Å². The maximum Gasteiger partial charge on any atom is 0.271 e. The summed E-state index contributed by atoms with van der Waals surface area (Å²) in [5.41, 5.74) is 0.731. The van der Waals surface area contributed by atoms with Gasteiger partial charge in [-0.15, -0.1) is 10.2 Å². The number of rotatable bonds is 5. The van der Waals surface area contributed by atoms with Crippen LogP contribution in [0.15, 0.2) is 22.7 Å². The van der Waals surface area contributed by atoms with Gasteiger partial charge in [-0.1, -0.05) is 34.2 Å². The molecule has 0 fully saturated rings. The summed E-state index contributed by atoms with van der Waals surface area (Å²) in [6.07, 6.45) is 0. The number of nitro groups is 1. The molecule has 6 nitrogen and oxygen atoms in total. The van der Waals surface area contributed by atoms with Gasteiger partial charge in [0.05, 0.1) is 4.92 Å². The van der Waals surface area contributed by atoms with E-state index in [1.54, 1.807) is 6.07 Å². The topological polar surface area (TPSA) is 81.0 Å². The number of aromatic nitrogens is 2. The van der Waals surface area contributed by atoms with Crippen LogP contribution in [0, 0.1) is 10.1 Å². The molecule has 0 saturated heterocycles. The first-order valence-electron chi connectivity index (χ1n) is 5.58. The second kappa shape index (κ2) is 6.18. The number of benzene rings is 1. The maximum atomic E-state index is 10.8. The van der Waals surface area contributed by atoms with E-state index in [4.69, 9.17) is 0 Å². The molecule has 0 aliphatic carbocycles. The van der Waals surface area contributed by atoms with Crippen LogP contribution >= 0.6 is 27.3 Å². The molecule has 0 atom stereocenters. The summed E-state index contributed by atoms with van der Waals surface area (Å²) < 4.78 is 0.653. The van der Waals surface area contributed by atoms with Crippen LogP contribution < -0.4 is 5.32 Å². The van der Waals surface area contributed by atoms with Crippen LogP contribution in [0.1, 0.15) is 11.9 Å². The van der Waals surface area contributed by atoms with Gasteiger partial charge < -0.3 is 5.32 Å². The molecule has 1 N–H and O–H groups in total. The lowest BCUT2D eigenvalue weighted by Gasteiger charge is -1.98. The van der Waals surface area contributed by atoms with Crippen molar-refractivity contribution in [3.63, 3.8) is 0 Å². The Bertz CT molecular complexity index is 602. The summed E-state index contributed by atoms with van der Waals surface area (Å²) in [5, 5.41) is 23.6. The monoisotopic (exact) mass is 342 g/mol. The van der Waals surface area contributed by atoms with Crippen molar-refractivity contribution < 1.29 is 4.92 Å². The minimum absolute atomic E-state index is 0.0350. The highest BCUT2D eigenvalue weighted by atomic mass is 79.9. The third-order valence-corrected chi connectivity index (χ3v) is 3.76. The van der Waals surface area contributed by atoms with Crippen LogP contribution in [0.5, 0.6) is 0 Å².